The third kappa shape index (κ3) is 3.68. The van der Waals surface area contributed by atoms with Crippen molar-refractivity contribution in [3.05, 3.63) is 59.7 Å². The molecule has 0 saturated carbocycles. The zero-order valence-electron chi connectivity index (χ0n) is 11.2. The van der Waals surface area contributed by atoms with Crippen LogP contribution in [0.15, 0.2) is 58.5 Å². The number of nitrogens with one attached hydrogen (secondary N) is 1. The molecule has 2 aromatic rings. The predicted molar refractivity (Wildman–Crippen MR) is 79.4 cm³/mol. The Morgan fingerprint density at radius 2 is 1.73 bits per heavy atom. The Bertz CT molecular complexity index is 831. The first-order valence-corrected chi connectivity index (χ1v) is 7.51. The second-order valence-corrected chi connectivity index (χ2v) is 5.62. The molecule has 0 unspecified atom stereocenters. The number of carbonyl (C=O) groups excluding carboxylic acids is 1. The molecule has 0 bridgehead atoms. The van der Waals surface area contributed by atoms with Gasteiger partial charge in [0.2, 0.25) is 0 Å². The molecule has 0 spiro atoms. The van der Waals surface area contributed by atoms with Crippen LogP contribution >= 0.6 is 0 Å². The van der Waals surface area contributed by atoms with E-state index in [0.29, 0.717) is 5.56 Å². The molecule has 0 fully saturated rings. The maximum atomic E-state index is 11.9. The van der Waals surface area contributed by atoms with Crippen molar-refractivity contribution in [2.45, 2.75) is 4.90 Å². The predicted octanol–water partition coefficient (Wildman–Crippen LogP) is 1.40. The van der Waals surface area contributed by atoms with E-state index in [9.17, 15) is 18.3 Å². The molecule has 2 rings (SSSR count). The lowest BCUT2D eigenvalue weighted by Crippen LogP contribution is -2.20. The minimum absolute atomic E-state index is 0.0150. The van der Waals surface area contributed by atoms with E-state index in [4.69, 9.17) is 4.55 Å². The molecule has 0 aliphatic rings. The molecule has 8 heteroatoms. The smallest absolute Gasteiger partial charge is 0.295 e. The number of nitrogens with zero attached hydrogens (tertiary/aromatic N) is 1. The van der Waals surface area contributed by atoms with E-state index >= 15 is 0 Å². The highest BCUT2D eigenvalue weighted by Gasteiger charge is 2.19. The number of hydrogen-bond acceptors (Lipinski definition) is 5. The third-order valence-corrected chi connectivity index (χ3v) is 3.63. The molecule has 2 aromatic carbocycles. The summed E-state index contributed by atoms with van der Waals surface area (Å²) >= 11 is 0. The average molecular weight is 320 g/mol. The first-order chi connectivity index (χ1) is 10.4. The van der Waals surface area contributed by atoms with Crippen molar-refractivity contribution in [1.82, 2.24) is 5.43 Å². The van der Waals surface area contributed by atoms with Crippen molar-refractivity contribution >= 4 is 22.2 Å². The van der Waals surface area contributed by atoms with Crippen LogP contribution in [-0.4, -0.2) is 30.2 Å². The van der Waals surface area contributed by atoms with Crippen molar-refractivity contribution in [3.8, 4) is 5.75 Å². The van der Waals surface area contributed by atoms with Gasteiger partial charge in [-0.1, -0.05) is 24.3 Å². The summed E-state index contributed by atoms with van der Waals surface area (Å²) in [6.45, 7) is 0. The van der Waals surface area contributed by atoms with Crippen LogP contribution in [-0.2, 0) is 10.1 Å². The number of rotatable bonds is 4. The first kappa shape index (κ1) is 15.7. The van der Waals surface area contributed by atoms with Crippen molar-refractivity contribution < 1.29 is 22.9 Å². The Hall–Kier alpha value is -2.71. The van der Waals surface area contributed by atoms with Gasteiger partial charge in [-0.2, -0.15) is 13.5 Å². The Kier molecular flexibility index (Phi) is 4.54. The number of phenols is 1. The van der Waals surface area contributed by atoms with E-state index in [1.807, 2.05) is 0 Å². The Labute approximate surface area is 126 Å². The third-order valence-electron chi connectivity index (χ3n) is 2.72. The van der Waals surface area contributed by atoms with Gasteiger partial charge in [0.05, 0.1) is 11.8 Å². The maximum absolute atomic E-state index is 11.9. The lowest BCUT2D eigenvalue weighted by molar-refractivity contribution is 0.0951. The van der Waals surface area contributed by atoms with E-state index in [2.05, 4.69) is 10.5 Å². The molecule has 0 radical (unpaired) electrons. The van der Waals surface area contributed by atoms with Gasteiger partial charge in [0.15, 0.2) is 0 Å². The molecule has 7 nitrogen and oxygen atoms in total. The Morgan fingerprint density at radius 1 is 1.09 bits per heavy atom. The van der Waals surface area contributed by atoms with E-state index in [-0.39, 0.29) is 11.3 Å². The summed E-state index contributed by atoms with van der Waals surface area (Å²) in [5, 5.41) is 13.2. The zero-order chi connectivity index (χ0) is 16.2. The molecule has 0 saturated heterocycles. The molecular weight excluding hydrogens is 308 g/mol. The number of hydrazone groups is 1. The fourth-order valence-corrected chi connectivity index (χ4v) is 2.39. The van der Waals surface area contributed by atoms with Crippen LogP contribution in [0.5, 0.6) is 5.75 Å². The lowest BCUT2D eigenvalue weighted by atomic mass is 10.2. The second kappa shape index (κ2) is 6.37. The highest BCUT2D eigenvalue weighted by molar-refractivity contribution is 7.86. The zero-order valence-corrected chi connectivity index (χ0v) is 12.0. The monoisotopic (exact) mass is 320 g/mol. The van der Waals surface area contributed by atoms with Gasteiger partial charge in [-0.15, -0.1) is 0 Å². The van der Waals surface area contributed by atoms with Gasteiger partial charge in [0.1, 0.15) is 10.6 Å². The van der Waals surface area contributed by atoms with E-state index in [1.54, 1.807) is 18.2 Å². The van der Waals surface area contributed by atoms with Crippen LogP contribution in [0.3, 0.4) is 0 Å². The van der Waals surface area contributed by atoms with Crippen LogP contribution in [0.2, 0.25) is 0 Å². The topological polar surface area (TPSA) is 116 Å². The molecule has 0 aromatic heterocycles. The summed E-state index contributed by atoms with van der Waals surface area (Å²) < 4.78 is 31.5. The van der Waals surface area contributed by atoms with E-state index in [0.717, 1.165) is 6.07 Å². The standard InChI is InChI=1S/C14H12N2O5S/c17-12-7-3-1-5-10(12)9-15-16-14(18)11-6-2-4-8-13(11)22(19,20)21/h1-9,17H,(H,16,18)(H,19,20,21)/b15-9+. The van der Waals surface area contributed by atoms with Gasteiger partial charge in [-0.05, 0) is 24.3 Å². The second-order valence-electron chi connectivity index (χ2n) is 4.23. The van der Waals surface area contributed by atoms with Crippen LogP contribution in [0.1, 0.15) is 15.9 Å². The number of hydrogen-bond donors (Lipinski definition) is 3. The fourth-order valence-electron chi connectivity index (χ4n) is 1.70. The number of phenolic OH excluding ortho intramolecular Hbond substituents is 1. The molecular formula is C14H12N2O5S. The number of carbonyl (C=O) groups is 1. The molecule has 114 valence electrons. The number of amides is 1. The Balaban J connectivity index is 2.19. The average Bonchev–Trinajstić information content (AvgIpc) is 2.48. The van der Waals surface area contributed by atoms with E-state index in [1.165, 1.54) is 30.5 Å². The SMILES string of the molecule is O=C(N/N=C/c1ccccc1O)c1ccccc1S(=O)(=O)O. The number of para-hydroxylation sites is 1. The van der Waals surface area contributed by atoms with Gasteiger partial charge in [0, 0.05) is 5.56 Å². The number of aromatic hydroxyl groups is 1. The van der Waals surface area contributed by atoms with Gasteiger partial charge in [-0.25, -0.2) is 5.43 Å². The summed E-state index contributed by atoms with van der Waals surface area (Å²) in [7, 11) is -4.52. The molecule has 0 aliphatic carbocycles. The maximum Gasteiger partial charge on any atom is 0.295 e. The minimum Gasteiger partial charge on any atom is -0.507 e. The van der Waals surface area contributed by atoms with Crippen molar-refractivity contribution in [2.75, 3.05) is 0 Å². The normalized spacial score (nSPS) is 11.5. The molecule has 1 amide bonds. The molecule has 0 heterocycles. The largest absolute Gasteiger partial charge is 0.507 e. The molecule has 0 atom stereocenters. The van der Waals surface area contributed by atoms with Crippen molar-refractivity contribution in [3.63, 3.8) is 0 Å². The van der Waals surface area contributed by atoms with Crippen LogP contribution < -0.4 is 5.43 Å². The highest BCUT2D eigenvalue weighted by Crippen LogP contribution is 2.15. The first-order valence-electron chi connectivity index (χ1n) is 6.07. The van der Waals surface area contributed by atoms with Crippen LogP contribution in [0.25, 0.3) is 0 Å². The van der Waals surface area contributed by atoms with Gasteiger partial charge in [0.25, 0.3) is 16.0 Å². The van der Waals surface area contributed by atoms with Crippen LogP contribution in [0.4, 0.5) is 0 Å². The lowest BCUT2D eigenvalue weighted by Gasteiger charge is -2.05. The summed E-state index contributed by atoms with van der Waals surface area (Å²) in [5.74, 6) is -0.821. The summed E-state index contributed by atoms with van der Waals surface area (Å²) in [5.41, 5.74) is 2.27. The quantitative estimate of drug-likeness (QED) is 0.447. The summed E-state index contributed by atoms with van der Waals surface area (Å²) in [4.78, 5) is 11.4. The molecule has 3 N–H and O–H groups in total. The molecule has 22 heavy (non-hydrogen) atoms. The Morgan fingerprint density at radius 3 is 2.41 bits per heavy atom. The molecule has 0 aliphatic heterocycles. The minimum atomic E-state index is -4.52. The summed E-state index contributed by atoms with van der Waals surface area (Å²) in [6, 6.07) is 11.5. The van der Waals surface area contributed by atoms with Gasteiger partial charge < -0.3 is 5.11 Å². The number of benzene rings is 2. The van der Waals surface area contributed by atoms with Gasteiger partial charge in [-0.3, -0.25) is 9.35 Å². The van der Waals surface area contributed by atoms with Crippen LogP contribution in [0, 0.1) is 0 Å². The van der Waals surface area contributed by atoms with Gasteiger partial charge >= 0.3 is 0 Å². The highest BCUT2D eigenvalue weighted by atomic mass is 32.2. The van der Waals surface area contributed by atoms with Crippen molar-refractivity contribution in [2.24, 2.45) is 5.10 Å². The fraction of sp³-hybridized carbons (Fsp3) is 0. The summed E-state index contributed by atoms with van der Waals surface area (Å²) in [6.07, 6.45) is 1.21. The van der Waals surface area contributed by atoms with Crippen molar-refractivity contribution in [1.29, 1.82) is 0 Å². The van der Waals surface area contributed by atoms with E-state index < -0.39 is 20.9 Å².